The van der Waals surface area contributed by atoms with Crippen LogP contribution in [-0.2, 0) is 17.6 Å². The molecule has 27 heavy (non-hydrogen) atoms. The molecule has 0 saturated heterocycles. The molecule has 0 radical (unpaired) electrons. The van der Waals surface area contributed by atoms with E-state index in [4.69, 9.17) is 4.74 Å². The molecule has 0 unspecified atom stereocenters. The Morgan fingerprint density at radius 1 is 1.07 bits per heavy atom. The van der Waals surface area contributed by atoms with Crippen LogP contribution >= 0.6 is 35.3 Å². The summed E-state index contributed by atoms with van der Waals surface area (Å²) in [5, 5.41) is 7.84. The van der Waals surface area contributed by atoms with Gasteiger partial charge in [-0.05, 0) is 31.7 Å². The summed E-state index contributed by atoms with van der Waals surface area (Å²) in [6.45, 7) is 5.43. The summed E-state index contributed by atoms with van der Waals surface area (Å²) in [5.41, 5.74) is 1.33. The van der Waals surface area contributed by atoms with Crippen molar-refractivity contribution < 1.29 is 4.74 Å². The minimum Gasteiger partial charge on any atom is -0.381 e. The first-order chi connectivity index (χ1) is 12.8. The molecule has 0 saturated carbocycles. The topological polar surface area (TPSA) is 58.5 Å². The molecular formula is C20H31IN4OS. The number of halogens is 1. The van der Waals surface area contributed by atoms with E-state index in [-0.39, 0.29) is 24.0 Å². The number of nitrogens with zero attached hydrogens (tertiary/aromatic N) is 2. The molecule has 7 heteroatoms. The third-order valence-corrected chi connectivity index (χ3v) is 4.88. The van der Waals surface area contributed by atoms with Crippen molar-refractivity contribution in [3.05, 3.63) is 52.0 Å². The molecule has 0 amide bonds. The van der Waals surface area contributed by atoms with Crippen LogP contribution in [0.3, 0.4) is 0 Å². The standard InChI is InChI=1S/C20H30N4OS.HI/c1-17-16-24-19(26-17)10-13-23-20(21-2)22-12-6-7-14-25-15-11-18-8-4-3-5-9-18;/h3-5,8-9,16H,6-7,10-15H2,1-2H3,(H2,21,22,23);1H. The predicted molar refractivity (Wildman–Crippen MR) is 126 cm³/mol. The fourth-order valence-electron chi connectivity index (χ4n) is 2.50. The molecule has 2 N–H and O–H groups in total. The van der Waals surface area contributed by atoms with Gasteiger partial charge < -0.3 is 15.4 Å². The number of aliphatic imine (C=N–C) groups is 1. The van der Waals surface area contributed by atoms with E-state index in [1.54, 1.807) is 18.4 Å². The van der Waals surface area contributed by atoms with E-state index in [0.29, 0.717) is 0 Å². The van der Waals surface area contributed by atoms with Gasteiger partial charge in [0.05, 0.1) is 11.6 Å². The third-order valence-electron chi connectivity index (χ3n) is 3.91. The summed E-state index contributed by atoms with van der Waals surface area (Å²) in [7, 11) is 1.80. The van der Waals surface area contributed by atoms with Crippen LogP contribution in [-0.4, -0.2) is 44.3 Å². The summed E-state index contributed by atoms with van der Waals surface area (Å²) < 4.78 is 5.71. The van der Waals surface area contributed by atoms with Gasteiger partial charge in [-0.2, -0.15) is 0 Å². The van der Waals surface area contributed by atoms with Gasteiger partial charge in [-0.3, -0.25) is 4.99 Å². The van der Waals surface area contributed by atoms with E-state index < -0.39 is 0 Å². The second-order valence-corrected chi connectivity index (χ2v) is 7.41. The van der Waals surface area contributed by atoms with Crippen LogP contribution in [0.2, 0.25) is 0 Å². The van der Waals surface area contributed by atoms with Gasteiger partial charge in [-0.25, -0.2) is 4.98 Å². The minimum absolute atomic E-state index is 0. The molecule has 0 spiro atoms. The molecular weight excluding hydrogens is 471 g/mol. The average molecular weight is 502 g/mol. The number of benzene rings is 1. The largest absolute Gasteiger partial charge is 0.381 e. The molecule has 0 aliphatic rings. The van der Waals surface area contributed by atoms with E-state index in [2.05, 4.69) is 51.8 Å². The van der Waals surface area contributed by atoms with Crippen molar-refractivity contribution in [3.8, 4) is 0 Å². The lowest BCUT2D eigenvalue weighted by molar-refractivity contribution is 0.133. The lowest BCUT2D eigenvalue weighted by Gasteiger charge is -2.11. The first-order valence-electron chi connectivity index (χ1n) is 9.25. The maximum absolute atomic E-state index is 5.71. The quantitative estimate of drug-likeness (QED) is 0.212. The summed E-state index contributed by atoms with van der Waals surface area (Å²) in [6, 6.07) is 10.5. The number of nitrogens with one attached hydrogen (secondary N) is 2. The number of hydrogen-bond acceptors (Lipinski definition) is 4. The molecule has 150 valence electrons. The number of ether oxygens (including phenoxy) is 1. The van der Waals surface area contributed by atoms with E-state index in [1.165, 1.54) is 10.4 Å². The summed E-state index contributed by atoms with van der Waals surface area (Å²) >= 11 is 1.75. The molecule has 2 rings (SSSR count). The van der Waals surface area contributed by atoms with Gasteiger partial charge in [-0.15, -0.1) is 35.3 Å². The molecule has 5 nitrogen and oxygen atoms in total. The van der Waals surface area contributed by atoms with Gasteiger partial charge in [0, 0.05) is 44.2 Å². The highest BCUT2D eigenvalue weighted by molar-refractivity contribution is 14.0. The Morgan fingerprint density at radius 3 is 2.56 bits per heavy atom. The number of hydrogen-bond donors (Lipinski definition) is 2. The second-order valence-electron chi connectivity index (χ2n) is 6.10. The summed E-state index contributed by atoms with van der Waals surface area (Å²) in [6.07, 6.45) is 5.95. The van der Waals surface area contributed by atoms with Crippen molar-refractivity contribution in [2.45, 2.75) is 32.6 Å². The molecule has 0 fully saturated rings. The monoisotopic (exact) mass is 502 g/mol. The fraction of sp³-hybridized carbons (Fsp3) is 0.500. The van der Waals surface area contributed by atoms with Crippen LogP contribution in [0.25, 0.3) is 0 Å². The van der Waals surface area contributed by atoms with Crippen LogP contribution in [0.15, 0.2) is 41.5 Å². The smallest absolute Gasteiger partial charge is 0.190 e. The molecule has 0 aliphatic carbocycles. The first-order valence-corrected chi connectivity index (χ1v) is 10.1. The van der Waals surface area contributed by atoms with Crippen molar-refractivity contribution in [2.24, 2.45) is 4.99 Å². The lowest BCUT2D eigenvalue weighted by Crippen LogP contribution is -2.38. The van der Waals surface area contributed by atoms with Crippen molar-refractivity contribution in [1.82, 2.24) is 15.6 Å². The Bertz CT molecular complexity index is 648. The van der Waals surface area contributed by atoms with E-state index >= 15 is 0 Å². The molecule has 2 aromatic rings. The van der Waals surface area contributed by atoms with Gasteiger partial charge in [0.15, 0.2) is 5.96 Å². The zero-order valence-electron chi connectivity index (χ0n) is 16.2. The molecule has 1 heterocycles. The molecule has 1 aromatic carbocycles. The molecule has 0 aliphatic heterocycles. The zero-order chi connectivity index (χ0) is 18.5. The first kappa shape index (κ1) is 23.8. The highest BCUT2D eigenvalue weighted by atomic mass is 127. The number of thiazole rings is 1. The van der Waals surface area contributed by atoms with E-state index in [1.807, 2.05) is 12.3 Å². The number of guanidine groups is 1. The Labute approximate surface area is 184 Å². The van der Waals surface area contributed by atoms with E-state index in [0.717, 1.165) is 63.0 Å². The van der Waals surface area contributed by atoms with Crippen LogP contribution in [0, 0.1) is 6.92 Å². The molecule has 0 bridgehead atoms. The second kappa shape index (κ2) is 14.8. The molecule has 1 aromatic heterocycles. The Balaban J connectivity index is 0.00000364. The lowest BCUT2D eigenvalue weighted by atomic mass is 10.2. The predicted octanol–water partition coefficient (Wildman–Crippen LogP) is 3.82. The van der Waals surface area contributed by atoms with E-state index in [9.17, 15) is 0 Å². The zero-order valence-corrected chi connectivity index (χ0v) is 19.4. The summed E-state index contributed by atoms with van der Waals surface area (Å²) in [5.74, 6) is 0.850. The molecule has 0 atom stereocenters. The number of unbranched alkanes of at least 4 members (excludes halogenated alkanes) is 1. The minimum atomic E-state index is 0. The maximum Gasteiger partial charge on any atom is 0.190 e. The number of rotatable bonds is 11. The van der Waals surface area contributed by atoms with Crippen molar-refractivity contribution >= 4 is 41.3 Å². The van der Waals surface area contributed by atoms with Gasteiger partial charge >= 0.3 is 0 Å². The van der Waals surface area contributed by atoms with Gasteiger partial charge in [0.25, 0.3) is 0 Å². The maximum atomic E-state index is 5.71. The fourth-order valence-corrected chi connectivity index (χ4v) is 3.28. The van der Waals surface area contributed by atoms with Gasteiger partial charge in [0.2, 0.25) is 0 Å². The SMILES string of the molecule is CN=C(NCCCCOCCc1ccccc1)NCCc1ncc(C)s1.I. The average Bonchev–Trinajstić information content (AvgIpc) is 3.08. The van der Waals surface area contributed by atoms with Crippen LogP contribution in [0.4, 0.5) is 0 Å². The van der Waals surface area contributed by atoms with Gasteiger partial charge in [0.1, 0.15) is 0 Å². The Kier molecular flexibility index (Phi) is 13.1. The number of aromatic nitrogens is 1. The highest BCUT2D eigenvalue weighted by Gasteiger charge is 2.01. The normalized spacial score (nSPS) is 11.1. The van der Waals surface area contributed by atoms with Crippen LogP contribution in [0.5, 0.6) is 0 Å². The Hall–Kier alpha value is -1.19. The van der Waals surface area contributed by atoms with Gasteiger partial charge in [-0.1, -0.05) is 30.3 Å². The van der Waals surface area contributed by atoms with Crippen molar-refractivity contribution in [3.63, 3.8) is 0 Å². The van der Waals surface area contributed by atoms with Crippen molar-refractivity contribution in [1.29, 1.82) is 0 Å². The Morgan fingerprint density at radius 2 is 1.85 bits per heavy atom. The highest BCUT2D eigenvalue weighted by Crippen LogP contribution is 2.10. The van der Waals surface area contributed by atoms with Crippen LogP contribution < -0.4 is 10.6 Å². The van der Waals surface area contributed by atoms with Crippen LogP contribution in [0.1, 0.15) is 28.3 Å². The summed E-state index contributed by atoms with van der Waals surface area (Å²) in [4.78, 5) is 9.88. The third kappa shape index (κ3) is 10.7. The number of aryl methyl sites for hydroxylation is 1. The van der Waals surface area contributed by atoms with Crippen molar-refractivity contribution in [2.75, 3.05) is 33.4 Å².